The quantitative estimate of drug-likeness (QED) is 0.0975. The van der Waals surface area contributed by atoms with Gasteiger partial charge in [-0.3, -0.25) is 9.59 Å². The molecule has 0 aliphatic rings. The third-order valence-corrected chi connectivity index (χ3v) is 6.90. The van der Waals surface area contributed by atoms with E-state index in [1.54, 1.807) is 0 Å². The molecule has 182 valence electrons. The van der Waals surface area contributed by atoms with Crippen molar-refractivity contribution in [1.82, 2.24) is 10.6 Å². The molecule has 0 unspecified atom stereocenters. The SMILES string of the molecule is CC[N+](CC)(CC)CCNC(=O)CCCCC(=O)NCC[N+](CC)(CC)CC.[I-].[I-]. The molecule has 2 amide bonds. The highest BCUT2D eigenvalue weighted by molar-refractivity contribution is 5.77. The molecule has 30 heavy (non-hydrogen) atoms. The van der Waals surface area contributed by atoms with Crippen LogP contribution in [0.5, 0.6) is 0 Å². The minimum atomic E-state index is 0. The van der Waals surface area contributed by atoms with Crippen molar-refractivity contribution in [3.63, 3.8) is 0 Å². The number of unbranched alkanes of at least 4 members (excludes halogenated alkanes) is 1. The maximum absolute atomic E-state index is 12.0. The predicted octanol–water partition coefficient (Wildman–Crippen LogP) is -3.46. The van der Waals surface area contributed by atoms with E-state index in [0.717, 1.165) is 87.3 Å². The monoisotopic (exact) mass is 654 g/mol. The number of carbonyl (C=O) groups excluding carboxylic acids is 2. The molecule has 2 N–H and O–H groups in total. The number of nitrogens with zero attached hydrogens (tertiary/aromatic N) is 2. The van der Waals surface area contributed by atoms with Gasteiger partial charge in [0.25, 0.3) is 0 Å². The third-order valence-electron chi connectivity index (χ3n) is 6.90. The molecule has 0 atom stereocenters. The van der Waals surface area contributed by atoms with Crippen LogP contribution in [-0.4, -0.2) is 86.2 Å². The fourth-order valence-electron chi connectivity index (χ4n) is 3.90. The van der Waals surface area contributed by atoms with Crippen LogP contribution in [-0.2, 0) is 9.59 Å². The van der Waals surface area contributed by atoms with Gasteiger partial charge in [0.1, 0.15) is 0 Å². The van der Waals surface area contributed by atoms with Crippen molar-refractivity contribution in [2.45, 2.75) is 67.2 Å². The van der Waals surface area contributed by atoms with E-state index >= 15 is 0 Å². The number of halogens is 2. The van der Waals surface area contributed by atoms with Gasteiger partial charge in [-0.25, -0.2) is 0 Å². The van der Waals surface area contributed by atoms with Crippen molar-refractivity contribution < 1.29 is 66.5 Å². The molecule has 0 aromatic carbocycles. The number of carbonyl (C=O) groups is 2. The summed E-state index contributed by atoms with van der Waals surface area (Å²) in [5.41, 5.74) is 0. The van der Waals surface area contributed by atoms with E-state index in [-0.39, 0.29) is 59.8 Å². The Balaban J connectivity index is -0.00000364. The molecule has 0 bridgehead atoms. The number of amides is 2. The summed E-state index contributed by atoms with van der Waals surface area (Å²) < 4.78 is 2.10. The Labute approximate surface area is 220 Å². The van der Waals surface area contributed by atoms with E-state index in [2.05, 4.69) is 52.2 Å². The van der Waals surface area contributed by atoms with Gasteiger partial charge in [-0.15, -0.1) is 0 Å². The first kappa shape index (κ1) is 34.9. The van der Waals surface area contributed by atoms with Gasteiger partial charge in [0.15, 0.2) is 0 Å². The van der Waals surface area contributed by atoms with E-state index in [0.29, 0.717) is 12.8 Å². The highest BCUT2D eigenvalue weighted by atomic mass is 127. The maximum Gasteiger partial charge on any atom is 0.220 e. The zero-order chi connectivity index (χ0) is 21.5. The van der Waals surface area contributed by atoms with Gasteiger partial charge in [-0.05, 0) is 54.4 Å². The highest BCUT2D eigenvalue weighted by Crippen LogP contribution is 2.06. The van der Waals surface area contributed by atoms with Crippen molar-refractivity contribution in [2.24, 2.45) is 0 Å². The lowest BCUT2D eigenvalue weighted by molar-refractivity contribution is -0.922. The van der Waals surface area contributed by atoms with Crippen molar-refractivity contribution >= 4 is 11.8 Å². The minimum absolute atomic E-state index is 0. The Morgan fingerprint density at radius 2 is 0.833 bits per heavy atom. The van der Waals surface area contributed by atoms with Gasteiger partial charge in [0, 0.05) is 12.8 Å². The van der Waals surface area contributed by atoms with Crippen molar-refractivity contribution in [2.75, 3.05) is 65.4 Å². The average Bonchev–Trinajstić information content (AvgIpc) is 2.72. The molecule has 0 saturated carbocycles. The second-order valence-corrected chi connectivity index (χ2v) is 7.93. The molecular formula is C22H48I2N4O2. The lowest BCUT2D eigenvalue weighted by Gasteiger charge is -2.35. The van der Waals surface area contributed by atoms with E-state index in [1.165, 1.54) is 0 Å². The lowest BCUT2D eigenvalue weighted by Crippen LogP contribution is -3.00. The topological polar surface area (TPSA) is 58.2 Å². The van der Waals surface area contributed by atoms with Crippen LogP contribution in [0.15, 0.2) is 0 Å². The maximum atomic E-state index is 12.0. The standard InChI is InChI=1S/C22H46N4O2.2HI/c1-7-25(8-2,9-3)19-17-23-21(27)15-13-14-16-22(28)24-18-20-26(10-4,11-5)12-6;;/h7-20H2,1-6H3;2*1H. The van der Waals surface area contributed by atoms with Crippen LogP contribution >= 0.6 is 0 Å². The first-order chi connectivity index (χ1) is 13.4. The van der Waals surface area contributed by atoms with Gasteiger partial charge in [0.2, 0.25) is 11.8 Å². The summed E-state index contributed by atoms with van der Waals surface area (Å²) in [7, 11) is 0. The zero-order valence-electron chi connectivity index (χ0n) is 20.4. The molecule has 8 heteroatoms. The summed E-state index contributed by atoms with van der Waals surface area (Å²) in [4.78, 5) is 24.0. The third kappa shape index (κ3) is 13.7. The molecule has 0 saturated heterocycles. The van der Waals surface area contributed by atoms with E-state index < -0.39 is 0 Å². The lowest BCUT2D eigenvalue weighted by atomic mass is 10.2. The van der Waals surface area contributed by atoms with Crippen LogP contribution < -0.4 is 58.6 Å². The van der Waals surface area contributed by atoms with Crippen LogP contribution in [0.2, 0.25) is 0 Å². The highest BCUT2D eigenvalue weighted by Gasteiger charge is 2.21. The van der Waals surface area contributed by atoms with Gasteiger partial charge < -0.3 is 67.6 Å². The fraction of sp³-hybridized carbons (Fsp3) is 0.909. The smallest absolute Gasteiger partial charge is 0.220 e. The van der Waals surface area contributed by atoms with E-state index in [4.69, 9.17) is 0 Å². The first-order valence-corrected chi connectivity index (χ1v) is 11.6. The van der Waals surface area contributed by atoms with Gasteiger partial charge >= 0.3 is 0 Å². The van der Waals surface area contributed by atoms with Crippen LogP contribution in [0.1, 0.15) is 67.2 Å². The molecule has 0 aromatic rings. The summed E-state index contributed by atoms with van der Waals surface area (Å²) in [6, 6.07) is 0. The summed E-state index contributed by atoms with van der Waals surface area (Å²) >= 11 is 0. The summed E-state index contributed by atoms with van der Waals surface area (Å²) in [5, 5.41) is 6.08. The molecule has 6 nitrogen and oxygen atoms in total. The second kappa shape index (κ2) is 20.0. The van der Waals surface area contributed by atoms with Crippen molar-refractivity contribution in [3.05, 3.63) is 0 Å². The normalized spacial score (nSPS) is 11.3. The number of likely N-dealkylation sites (N-methyl/N-ethyl adjacent to an activating group) is 2. The Morgan fingerprint density at radius 3 is 1.07 bits per heavy atom. The molecule has 0 aliphatic carbocycles. The largest absolute Gasteiger partial charge is 1.00 e. The van der Waals surface area contributed by atoms with Crippen molar-refractivity contribution in [3.8, 4) is 0 Å². The molecule has 0 aliphatic heterocycles. The van der Waals surface area contributed by atoms with Gasteiger partial charge in [-0.1, -0.05) is 0 Å². The minimum Gasteiger partial charge on any atom is -1.00 e. The molecule has 0 fully saturated rings. The van der Waals surface area contributed by atoms with Gasteiger partial charge in [-0.2, -0.15) is 0 Å². The Kier molecular flexibility index (Phi) is 23.2. The molecule has 0 radical (unpaired) electrons. The van der Waals surface area contributed by atoms with E-state index in [9.17, 15) is 9.59 Å². The average molecular weight is 654 g/mol. The number of quaternary nitrogens is 2. The van der Waals surface area contributed by atoms with Crippen LogP contribution in [0, 0.1) is 0 Å². The molecule has 0 rings (SSSR count). The number of nitrogens with one attached hydrogen (secondary N) is 2. The Bertz CT molecular complexity index is 386. The number of hydrogen-bond acceptors (Lipinski definition) is 2. The molecular weight excluding hydrogens is 606 g/mol. The van der Waals surface area contributed by atoms with Crippen LogP contribution in [0.4, 0.5) is 0 Å². The van der Waals surface area contributed by atoms with Crippen LogP contribution in [0.25, 0.3) is 0 Å². The zero-order valence-corrected chi connectivity index (χ0v) is 24.7. The molecule has 0 aromatic heterocycles. The predicted molar refractivity (Wildman–Crippen MR) is 118 cm³/mol. The Morgan fingerprint density at radius 1 is 0.567 bits per heavy atom. The number of rotatable bonds is 17. The fourth-order valence-corrected chi connectivity index (χ4v) is 3.90. The molecule has 0 heterocycles. The summed E-state index contributed by atoms with van der Waals surface area (Å²) in [6.07, 6.45) is 2.57. The summed E-state index contributed by atoms with van der Waals surface area (Å²) in [5.74, 6) is 0.218. The first-order valence-electron chi connectivity index (χ1n) is 11.6. The summed E-state index contributed by atoms with van der Waals surface area (Å²) in [6.45, 7) is 23.4. The number of hydrogen-bond donors (Lipinski definition) is 2. The van der Waals surface area contributed by atoms with Crippen LogP contribution in [0.3, 0.4) is 0 Å². The second-order valence-electron chi connectivity index (χ2n) is 7.93. The van der Waals surface area contributed by atoms with Gasteiger partial charge in [0.05, 0.1) is 65.4 Å². The molecule has 0 spiro atoms. The van der Waals surface area contributed by atoms with E-state index in [1.807, 2.05) is 0 Å². The Hall–Kier alpha value is 0.320. The van der Waals surface area contributed by atoms with Crippen molar-refractivity contribution in [1.29, 1.82) is 0 Å².